The zero-order valence-electron chi connectivity index (χ0n) is 18.5. The molecule has 0 saturated heterocycles. The number of hydrogen-bond donors (Lipinski definition) is 1. The highest BCUT2D eigenvalue weighted by molar-refractivity contribution is 7.99. The summed E-state index contributed by atoms with van der Waals surface area (Å²) in [7, 11) is 0. The van der Waals surface area contributed by atoms with Crippen molar-refractivity contribution in [3.05, 3.63) is 95.1 Å². The van der Waals surface area contributed by atoms with Gasteiger partial charge in [-0.15, -0.1) is 10.2 Å². The largest absolute Gasteiger partial charge is 0.325 e. The number of nitrogens with one attached hydrogen (secondary N) is 1. The third-order valence-electron chi connectivity index (χ3n) is 5.21. The van der Waals surface area contributed by atoms with Crippen LogP contribution in [0.5, 0.6) is 0 Å². The second-order valence-electron chi connectivity index (χ2n) is 7.85. The van der Waals surface area contributed by atoms with Gasteiger partial charge >= 0.3 is 0 Å². The Morgan fingerprint density at radius 1 is 0.906 bits per heavy atom. The maximum atomic E-state index is 12.7. The average Bonchev–Trinajstić information content (AvgIpc) is 3.18. The molecule has 32 heavy (non-hydrogen) atoms. The third-order valence-corrected chi connectivity index (χ3v) is 6.17. The maximum absolute atomic E-state index is 12.7. The summed E-state index contributed by atoms with van der Waals surface area (Å²) in [6.07, 6.45) is 0. The summed E-state index contributed by atoms with van der Waals surface area (Å²) in [4.78, 5) is 12.7. The molecule has 1 aromatic heterocycles. The van der Waals surface area contributed by atoms with E-state index in [1.807, 2.05) is 62.4 Å². The fourth-order valence-electron chi connectivity index (χ4n) is 3.79. The van der Waals surface area contributed by atoms with Gasteiger partial charge in [-0.25, -0.2) is 0 Å². The first-order valence-electron chi connectivity index (χ1n) is 10.5. The molecule has 0 radical (unpaired) electrons. The quantitative estimate of drug-likeness (QED) is 0.376. The van der Waals surface area contributed by atoms with Crippen LogP contribution in [-0.4, -0.2) is 26.4 Å². The minimum atomic E-state index is -0.0550. The first kappa shape index (κ1) is 21.8. The van der Waals surface area contributed by atoms with Crippen LogP contribution in [0.15, 0.2) is 78.0 Å². The number of nitrogens with zero attached hydrogens (tertiary/aromatic N) is 3. The van der Waals surface area contributed by atoms with Crippen molar-refractivity contribution < 1.29 is 4.79 Å². The highest BCUT2D eigenvalue weighted by Gasteiger charge is 2.17. The summed E-state index contributed by atoms with van der Waals surface area (Å²) in [5, 5.41) is 12.6. The lowest BCUT2D eigenvalue weighted by atomic mass is 10.1. The summed E-state index contributed by atoms with van der Waals surface area (Å²) >= 11 is 1.40. The van der Waals surface area contributed by atoms with Gasteiger partial charge in [0.25, 0.3) is 0 Å². The van der Waals surface area contributed by atoms with E-state index in [1.54, 1.807) is 0 Å². The van der Waals surface area contributed by atoms with Crippen LogP contribution in [-0.2, 0) is 11.3 Å². The van der Waals surface area contributed by atoms with Gasteiger partial charge in [-0.05, 0) is 37.5 Å². The van der Waals surface area contributed by atoms with Crippen molar-refractivity contribution in [2.75, 3.05) is 11.1 Å². The van der Waals surface area contributed by atoms with E-state index in [0.29, 0.717) is 6.54 Å². The zero-order valence-corrected chi connectivity index (χ0v) is 19.3. The molecular formula is C26H26N4OS. The van der Waals surface area contributed by atoms with Crippen molar-refractivity contribution in [1.29, 1.82) is 0 Å². The molecule has 5 nitrogen and oxygen atoms in total. The normalized spacial score (nSPS) is 10.8. The van der Waals surface area contributed by atoms with Crippen molar-refractivity contribution in [2.45, 2.75) is 32.5 Å². The number of aromatic nitrogens is 3. The van der Waals surface area contributed by atoms with Gasteiger partial charge in [0.05, 0.1) is 12.3 Å². The summed E-state index contributed by atoms with van der Waals surface area (Å²) in [5.74, 6) is 0.997. The lowest BCUT2D eigenvalue weighted by Crippen LogP contribution is -2.16. The van der Waals surface area contributed by atoms with Crippen LogP contribution in [0.4, 0.5) is 5.69 Å². The van der Waals surface area contributed by atoms with Crippen LogP contribution in [0.1, 0.15) is 22.3 Å². The molecule has 0 aliphatic rings. The molecule has 162 valence electrons. The van der Waals surface area contributed by atoms with E-state index >= 15 is 0 Å². The van der Waals surface area contributed by atoms with Gasteiger partial charge in [0.15, 0.2) is 11.0 Å². The molecule has 0 saturated carbocycles. The predicted octanol–water partition coefficient (Wildman–Crippen LogP) is 5.65. The first-order valence-corrected chi connectivity index (χ1v) is 11.5. The van der Waals surface area contributed by atoms with Gasteiger partial charge in [-0.1, -0.05) is 90.1 Å². The molecule has 0 unspecified atom stereocenters. The van der Waals surface area contributed by atoms with Crippen LogP contribution in [0.2, 0.25) is 0 Å². The van der Waals surface area contributed by atoms with E-state index in [9.17, 15) is 4.79 Å². The Hall–Kier alpha value is -3.38. The molecular weight excluding hydrogens is 416 g/mol. The predicted molar refractivity (Wildman–Crippen MR) is 131 cm³/mol. The smallest absolute Gasteiger partial charge is 0.234 e. The highest BCUT2D eigenvalue weighted by atomic mass is 32.2. The van der Waals surface area contributed by atoms with Gasteiger partial charge < -0.3 is 5.32 Å². The Labute approximate surface area is 192 Å². The summed E-state index contributed by atoms with van der Waals surface area (Å²) in [5.41, 5.74) is 6.37. The third kappa shape index (κ3) is 5.08. The molecule has 0 aliphatic carbocycles. The van der Waals surface area contributed by atoms with Crippen molar-refractivity contribution in [1.82, 2.24) is 14.8 Å². The summed E-state index contributed by atoms with van der Waals surface area (Å²) < 4.78 is 2.07. The molecule has 0 fully saturated rings. The minimum Gasteiger partial charge on any atom is -0.325 e. The number of carbonyl (C=O) groups excluding carboxylic acids is 1. The van der Waals surface area contributed by atoms with Gasteiger partial charge in [0.2, 0.25) is 5.91 Å². The number of aryl methyl sites for hydroxylation is 3. The lowest BCUT2D eigenvalue weighted by Gasteiger charge is -2.13. The number of benzene rings is 3. The van der Waals surface area contributed by atoms with Crippen molar-refractivity contribution >= 4 is 23.4 Å². The standard InChI is InChI=1S/C26H26N4OS/c1-18-14-19(2)24(20(3)15-18)27-23(31)17-32-26-29-28-25(22-12-8-5-9-13-22)30(26)16-21-10-6-4-7-11-21/h4-15H,16-17H2,1-3H3,(H,27,31). The van der Waals surface area contributed by atoms with E-state index in [0.717, 1.165) is 38.9 Å². The minimum absolute atomic E-state index is 0.0550. The maximum Gasteiger partial charge on any atom is 0.234 e. The second-order valence-corrected chi connectivity index (χ2v) is 8.80. The summed E-state index contributed by atoms with van der Waals surface area (Å²) in [6.45, 7) is 6.74. The van der Waals surface area contributed by atoms with Crippen LogP contribution in [0.3, 0.4) is 0 Å². The molecule has 1 N–H and O–H groups in total. The van der Waals surface area contributed by atoms with Crippen molar-refractivity contribution in [2.24, 2.45) is 0 Å². The number of amides is 1. The number of carbonyl (C=O) groups is 1. The number of rotatable bonds is 7. The fourth-order valence-corrected chi connectivity index (χ4v) is 4.53. The zero-order chi connectivity index (χ0) is 22.5. The summed E-state index contributed by atoms with van der Waals surface area (Å²) in [6, 6.07) is 24.4. The Morgan fingerprint density at radius 2 is 1.53 bits per heavy atom. The molecule has 0 spiro atoms. The Balaban J connectivity index is 1.54. The van der Waals surface area contributed by atoms with E-state index < -0.39 is 0 Å². The van der Waals surface area contributed by atoms with Crippen LogP contribution >= 0.6 is 11.8 Å². The number of thioether (sulfide) groups is 1. The van der Waals surface area contributed by atoms with Crippen molar-refractivity contribution in [3.63, 3.8) is 0 Å². The van der Waals surface area contributed by atoms with E-state index in [2.05, 4.69) is 51.3 Å². The average molecular weight is 443 g/mol. The van der Waals surface area contributed by atoms with E-state index in [4.69, 9.17) is 0 Å². The van der Waals surface area contributed by atoms with Crippen LogP contribution in [0, 0.1) is 20.8 Å². The van der Waals surface area contributed by atoms with Crippen LogP contribution < -0.4 is 5.32 Å². The molecule has 4 rings (SSSR count). The van der Waals surface area contributed by atoms with E-state index in [1.165, 1.54) is 17.3 Å². The highest BCUT2D eigenvalue weighted by Crippen LogP contribution is 2.26. The Bertz CT molecular complexity index is 1200. The second kappa shape index (κ2) is 9.83. The molecule has 1 amide bonds. The molecule has 0 aliphatic heterocycles. The van der Waals surface area contributed by atoms with E-state index in [-0.39, 0.29) is 11.7 Å². The monoisotopic (exact) mass is 442 g/mol. The van der Waals surface area contributed by atoms with Crippen LogP contribution in [0.25, 0.3) is 11.4 Å². The Morgan fingerprint density at radius 3 is 2.19 bits per heavy atom. The molecule has 0 bridgehead atoms. The molecule has 6 heteroatoms. The number of hydrogen-bond acceptors (Lipinski definition) is 4. The number of anilines is 1. The SMILES string of the molecule is Cc1cc(C)c(NC(=O)CSc2nnc(-c3ccccc3)n2Cc2ccccc2)c(C)c1. The van der Waals surface area contributed by atoms with Gasteiger partial charge in [-0.2, -0.15) is 0 Å². The molecule has 0 atom stereocenters. The van der Waals surface area contributed by atoms with Gasteiger partial charge in [0, 0.05) is 11.3 Å². The molecule has 4 aromatic rings. The van der Waals surface area contributed by atoms with Gasteiger partial charge in [-0.3, -0.25) is 9.36 Å². The Kier molecular flexibility index (Phi) is 6.71. The first-order chi connectivity index (χ1) is 15.5. The molecule has 3 aromatic carbocycles. The lowest BCUT2D eigenvalue weighted by molar-refractivity contribution is -0.113. The fraction of sp³-hybridized carbons (Fsp3) is 0.192. The molecule has 1 heterocycles. The topological polar surface area (TPSA) is 59.8 Å². The van der Waals surface area contributed by atoms with Crippen molar-refractivity contribution in [3.8, 4) is 11.4 Å². The van der Waals surface area contributed by atoms with Gasteiger partial charge in [0.1, 0.15) is 0 Å².